The lowest BCUT2D eigenvalue weighted by Crippen LogP contribution is -2.48. The number of likely N-dealkylation sites (N-methyl/N-ethyl adjacent to an activating group) is 1. The fourth-order valence-electron chi connectivity index (χ4n) is 4.01. The zero-order valence-electron chi connectivity index (χ0n) is 15.1. The third-order valence-electron chi connectivity index (χ3n) is 5.34. The monoisotopic (exact) mass is 337 g/mol. The summed E-state index contributed by atoms with van der Waals surface area (Å²) in [5.74, 6) is -0.193. The van der Waals surface area contributed by atoms with E-state index in [1.165, 1.54) is 0 Å². The van der Waals surface area contributed by atoms with E-state index in [-0.39, 0.29) is 17.4 Å². The molecule has 1 aromatic heterocycles. The van der Waals surface area contributed by atoms with Crippen molar-refractivity contribution >= 4 is 22.8 Å². The number of nitrogens with zero attached hydrogens (tertiary/aromatic N) is 2. The number of benzene rings is 1. The Morgan fingerprint density at radius 3 is 2.44 bits per heavy atom. The molecular formula is C20H23N3O2. The second-order valence-electron chi connectivity index (χ2n) is 8.56. The van der Waals surface area contributed by atoms with Crippen LogP contribution in [0, 0.1) is 5.41 Å². The number of amides is 3. The van der Waals surface area contributed by atoms with Gasteiger partial charge in [0, 0.05) is 31.0 Å². The third-order valence-corrected chi connectivity index (χ3v) is 5.34. The minimum absolute atomic E-state index is 0.187. The van der Waals surface area contributed by atoms with Crippen LogP contribution in [0.3, 0.4) is 0 Å². The summed E-state index contributed by atoms with van der Waals surface area (Å²) in [7, 11) is 1.70. The third kappa shape index (κ3) is 2.49. The van der Waals surface area contributed by atoms with E-state index in [1.54, 1.807) is 11.9 Å². The predicted molar refractivity (Wildman–Crippen MR) is 96.3 cm³/mol. The van der Waals surface area contributed by atoms with Crippen molar-refractivity contribution in [3.8, 4) is 0 Å². The number of imide groups is 1. The molecule has 1 aromatic carbocycles. The highest BCUT2D eigenvalue weighted by Crippen LogP contribution is 2.38. The number of urea groups is 1. The number of nitrogens with one attached hydrogen (secondary N) is 1. The van der Waals surface area contributed by atoms with Crippen molar-refractivity contribution < 1.29 is 9.59 Å². The van der Waals surface area contributed by atoms with Crippen LogP contribution in [0.25, 0.3) is 10.9 Å². The molecule has 3 amide bonds. The van der Waals surface area contributed by atoms with Gasteiger partial charge in [-0.2, -0.15) is 0 Å². The average Bonchev–Trinajstić information content (AvgIpc) is 2.97. The summed E-state index contributed by atoms with van der Waals surface area (Å²) in [5.41, 5.74) is 3.71. The van der Waals surface area contributed by atoms with Crippen LogP contribution >= 0.6 is 0 Å². The van der Waals surface area contributed by atoms with E-state index in [1.807, 2.05) is 0 Å². The fraction of sp³-hybridized carbons (Fsp3) is 0.450. The first-order valence-electron chi connectivity index (χ1n) is 8.69. The summed E-state index contributed by atoms with van der Waals surface area (Å²) in [6, 6.07) is 8.10. The van der Waals surface area contributed by atoms with Crippen LogP contribution in [0.2, 0.25) is 0 Å². The molecule has 5 nitrogen and oxygen atoms in total. The Kier molecular flexibility index (Phi) is 3.24. The number of hydrogen-bond donors (Lipinski definition) is 1. The lowest BCUT2D eigenvalue weighted by atomic mass is 9.90. The van der Waals surface area contributed by atoms with Crippen molar-refractivity contribution in [1.82, 2.24) is 15.2 Å². The molecule has 1 saturated heterocycles. The summed E-state index contributed by atoms with van der Waals surface area (Å²) < 4.78 is 0. The fourth-order valence-corrected chi connectivity index (χ4v) is 4.01. The van der Waals surface area contributed by atoms with Gasteiger partial charge in [-0.1, -0.05) is 26.8 Å². The molecule has 1 spiro atoms. The Hall–Kier alpha value is -2.43. The molecule has 130 valence electrons. The van der Waals surface area contributed by atoms with Crippen molar-refractivity contribution in [1.29, 1.82) is 0 Å². The van der Waals surface area contributed by atoms with Crippen LogP contribution in [-0.2, 0) is 24.1 Å². The van der Waals surface area contributed by atoms with E-state index in [4.69, 9.17) is 4.98 Å². The Bertz CT molecular complexity index is 913. The number of rotatable bonds is 1. The minimum Gasteiger partial charge on any atom is -0.312 e. The van der Waals surface area contributed by atoms with Gasteiger partial charge in [-0.25, -0.2) is 4.79 Å². The molecule has 0 saturated carbocycles. The number of pyridine rings is 1. The van der Waals surface area contributed by atoms with E-state index >= 15 is 0 Å². The summed E-state index contributed by atoms with van der Waals surface area (Å²) in [6.07, 6.45) is 2.04. The topological polar surface area (TPSA) is 62.3 Å². The Morgan fingerprint density at radius 1 is 1.16 bits per heavy atom. The molecule has 1 fully saturated rings. The van der Waals surface area contributed by atoms with E-state index in [2.05, 4.69) is 50.4 Å². The Morgan fingerprint density at radius 2 is 1.84 bits per heavy atom. The van der Waals surface area contributed by atoms with Crippen LogP contribution in [0.5, 0.6) is 0 Å². The molecule has 1 aliphatic heterocycles. The predicted octanol–water partition coefficient (Wildman–Crippen LogP) is 2.84. The highest BCUT2D eigenvalue weighted by molar-refractivity contribution is 6.07. The largest absolute Gasteiger partial charge is 0.324 e. The standard InChI is InChI=1S/C20H23N3O2/c1-19(2,3)11-15-6-5-12-7-13-9-20(10-14(13)8-16(12)21-15)17(24)22-18(25)23(20)4/h5-8H,9-11H2,1-4H3,(H,22,24,25). The first kappa shape index (κ1) is 16.1. The summed E-state index contributed by atoms with van der Waals surface area (Å²) >= 11 is 0. The Labute approximate surface area is 147 Å². The van der Waals surface area contributed by atoms with Gasteiger partial charge in [0.2, 0.25) is 0 Å². The maximum absolute atomic E-state index is 12.4. The van der Waals surface area contributed by atoms with Crippen LogP contribution in [0.4, 0.5) is 4.79 Å². The number of hydrogen-bond acceptors (Lipinski definition) is 3. The lowest BCUT2D eigenvalue weighted by molar-refractivity contribution is -0.125. The molecular weight excluding hydrogens is 314 g/mol. The summed E-state index contributed by atoms with van der Waals surface area (Å²) in [4.78, 5) is 30.7. The molecule has 5 heteroatoms. The number of fused-ring (bicyclic) bond motifs is 2. The number of carbonyl (C=O) groups excluding carboxylic acids is 2. The normalized spacial score (nSPS) is 22.8. The van der Waals surface area contributed by atoms with Crippen LogP contribution < -0.4 is 5.32 Å². The van der Waals surface area contributed by atoms with Gasteiger partial charge in [-0.15, -0.1) is 0 Å². The van der Waals surface area contributed by atoms with Crippen LogP contribution in [0.15, 0.2) is 24.3 Å². The molecule has 0 radical (unpaired) electrons. The summed E-state index contributed by atoms with van der Waals surface area (Å²) in [6.45, 7) is 6.62. The molecule has 2 heterocycles. The molecule has 1 aliphatic carbocycles. The van der Waals surface area contributed by atoms with E-state index in [0.717, 1.165) is 34.1 Å². The second-order valence-corrected chi connectivity index (χ2v) is 8.56. The van der Waals surface area contributed by atoms with Gasteiger partial charge in [-0.3, -0.25) is 15.1 Å². The van der Waals surface area contributed by atoms with Crippen molar-refractivity contribution in [3.05, 3.63) is 41.1 Å². The van der Waals surface area contributed by atoms with Crippen molar-refractivity contribution in [3.63, 3.8) is 0 Å². The second kappa shape index (κ2) is 5.04. The zero-order chi connectivity index (χ0) is 18.0. The molecule has 1 atom stereocenters. The smallest absolute Gasteiger partial charge is 0.312 e. The quantitative estimate of drug-likeness (QED) is 0.814. The first-order chi connectivity index (χ1) is 11.7. The zero-order valence-corrected chi connectivity index (χ0v) is 15.1. The molecule has 4 rings (SSSR count). The van der Waals surface area contributed by atoms with Crippen molar-refractivity contribution in [2.45, 2.75) is 45.6 Å². The SMILES string of the molecule is CN1C(=O)NC(=O)C12Cc1cc3ccc(CC(C)(C)C)nc3cc1C2. The number of aromatic nitrogens is 1. The van der Waals surface area contributed by atoms with Crippen LogP contribution in [-0.4, -0.2) is 34.4 Å². The average molecular weight is 337 g/mol. The first-order valence-corrected chi connectivity index (χ1v) is 8.69. The number of carbonyl (C=O) groups is 2. The van der Waals surface area contributed by atoms with Crippen molar-refractivity contribution in [2.75, 3.05) is 7.05 Å². The van der Waals surface area contributed by atoms with Gasteiger partial charge in [0.15, 0.2) is 0 Å². The van der Waals surface area contributed by atoms with Gasteiger partial charge in [0.25, 0.3) is 5.91 Å². The molecule has 2 aromatic rings. The van der Waals surface area contributed by atoms with Gasteiger partial charge >= 0.3 is 6.03 Å². The van der Waals surface area contributed by atoms with Gasteiger partial charge in [0.05, 0.1) is 5.52 Å². The molecule has 1 N–H and O–H groups in total. The molecule has 0 bridgehead atoms. The summed E-state index contributed by atoms with van der Waals surface area (Å²) in [5, 5.41) is 3.53. The molecule has 25 heavy (non-hydrogen) atoms. The lowest BCUT2D eigenvalue weighted by Gasteiger charge is -2.27. The highest BCUT2D eigenvalue weighted by Gasteiger charge is 2.54. The Balaban J connectivity index is 1.74. The van der Waals surface area contributed by atoms with Gasteiger partial charge in [-0.05, 0) is 41.2 Å². The maximum atomic E-state index is 12.4. The highest BCUT2D eigenvalue weighted by atomic mass is 16.2. The van der Waals surface area contributed by atoms with E-state index in [0.29, 0.717) is 12.8 Å². The minimum atomic E-state index is -0.773. The van der Waals surface area contributed by atoms with E-state index in [9.17, 15) is 9.59 Å². The van der Waals surface area contributed by atoms with Gasteiger partial charge in [0.1, 0.15) is 5.54 Å². The molecule has 1 unspecified atom stereocenters. The van der Waals surface area contributed by atoms with Gasteiger partial charge < -0.3 is 4.90 Å². The van der Waals surface area contributed by atoms with E-state index < -0.39 is 5.54 Å². The molecule has 2 aliphatic rings. The maximum Gasteiger partial charge on any atom is 0.324 e. The van der Waals surface area contributed by atoms with Crippen molar-refractivity contribution in [2.24, 2.45) is 5.41 Å². The van der Waals surface area contributed by atoms with Crippen LogP contribution in [0.1, 0.15) is 37.6 Å².